The molecule has 9 unspecified atom stereocenters. The number of unbranched alkanes of at least 4 members (excludes halogenated alkanes) is 2. The summed E-state index contributed by atoms with van der Waals surface area (Å²) in [5.41, 5.74) is 5.89. The summed E-state index contributed by atoms with van der Waals surface area (Å²) < 4.78 is 5.89. The Morgan fingerprint density at radius 3 is 2.23 bits per heavy atom. The van der Waals surface area contributed by atoms with Gasteiger partial charge in [0.1, 0.15) is 28.8 Å². The molecule has 10 amide bonds. The zero-order chi connectivity index (χ0) is 63.7. The molecule has 1 aromatic carbocycles. The Hall–Kier alpha value is -7.28. The van der Waals surface area contributed by atoms with Crippen LogP contribution >= 0.6 is 11.3 Å². The summed E-state index contributed by atoms with van der Waals surface area (Å²) in [5.74, 6) is -6.54. The van der Waals surface area contributed by atoms with Gasteiger partial charge in [-0.05, 0) is 125 Å². The number of fused-ring (bicyclic) bond motifs is 1. The molecule has 1 saturated heterocycles. The van der Waals surface area contributed by atoms with Gasteiger partial charge in [-0.1, -0.05) is 67.9 Å². The smallest absolute Gasteiger partial charge is 0.312 e. The standard InChI is InChI=1S/C61H91N11O13S/c1-12-61(9,10)52(69-55(79)46-28-36(7)24-27-70(46)11)58(81)71(13-2)45(34(3)4)32-47(85-37(8)73)57-67-44(33-86-57)54(78)65-40-29-38-20-21-39(30-41(38)42(31-40)59(82)83)64-53(77)43(18-17-25-63-60(62)84)66-56(80)51(35(5)6)68-48(74)19-15-14-16-26-72-49(75)22-23-50(72)76/h20-23,30,33-36,40,42-43,45-47,51-52H,12-19,24-29,31-32H2,1-11H3,(H,64,77)(H,65,78)(H,66,80)(H,68,74)(H,69,79)(H,82,83)(H3,62,63,84). The lowest BCUT2D eigenvalue weighted by molar-refractivity contribution is -0.150. The fourth-order valence-electron chi connectivity index (χ4n) is 11.2. The van der Waals surface area contributed by atoms with Crippen molar-refractivity contribution in [3.05, 3.63) is 57.6 Å². The van der Waals surface area contributed by atoms with E-state index in [4.69, 9.17) is 10.5 Å². The highest BCUT2D eigenvalue weighted by Gasteiger charge is 2.43. The zero-order valence-corrected chi connectivity index (χ0v) is 52.6. The monoisotopic (exact) mass is 1220 g/mol. The number of carbonyl (C=O) groups is 11. The minimum atomic E-state index is -1.18. The molecule has 2 aromatic rings. The van der Waals surface area contributed by atoms with Crippen molar-refractivity contribution in [1.82, 2.24) is 46.3 Å². The molecule has 0 spiro atoms. The van der Waals surface area contributed by atoms with Crippen LogP contribution in [-0.4, -0.2) is 159 Å². The van der Waals surface area contributed by atoms with Gasteiger partial charge >= 0.3 is 18.0 Å². The van der Waals surface area contributed by atoms with E-state index in [1.807, 2.05) is 53.5 Å². The largest absolute Gasteiger partial charge is 0.481 e. The van der Waals surface area contributed by atoms with Crippen molar-refractivity contribution in [3.63, 3.8) is 0 Å². The summed E-state index contributed by atoms with van der Waals surface area (Å²) in [6, 6.07) is -0.575. The van der Waals surface area contributed by atoms with Gasteiger partial charge in [-0.25, -0.2) is 9.78 Å². The van der Waals surface area contributed by atoms with Crippen molar-refractivity contribution in [2.24, 2.45) is 28.9 Å². The number of imide groups is 1. The molecule has 2 aliphatic heterocycles. The predicted octanol–water partition coefficient (Wildman–Crippen LogP) is 5.07. The molecule has 1 aliphatic carbocycles. The van der Waals surface area contributed by atoms with E-state index in [0.717, 1.165) is 29.2 Å². The zero-order valence-electron chi connectivity index (χ0n) is 51.7. The lowest BCUT2D eigenvalue weighted by Crippen LogP contribution is -2.61. The molecule has 1 fully saturated rings. The molecule has 86 heavy (non-hydrogen) atoms. The van der Waals surface area contributed by atoms with Gasteiger partial charge in [-0.3, -0.25) is 57.7 Å². The average molecular weight is 1220 g/mol. The van der Waals surface area contributed by atoms with E-state index in [2.05, 4.69) is 43.8 Å². The van der Waals surface area contributed by atoms with Gasteiger partial charge in [0.25, 0.3) is 17.7 Å². The number of anilines is 1. The summed E-state index contributed by atoms with van der Waals surface area (Å²) in [7, 11) is 1.93. The third-order valence-electron chi connectivity index (χ3n) is 16.7. The molecule has 5 rings (SSSR count). The molecule has 3 heterocycles. The van der Waals surface area contributed by atoms with Crippen LogP contribution in [0, 0.1) is 23.2 Å². The Morgan fingerprint density at radius 2 is 1.62 bits per heavy atom. The Labute approximate surface area is 508 Å². The number of aromatic nitrogens is 1. The lowest BCUT2D eigenvalue weighted by Gasteiger charge is -2.42. The molecule has 24 nitrogen and oxygen atoms in total. The molecular formula is C61H91N11O13S. The summed E-state index contributed by atoms with van der Waals surface area (Å²) in [6.07, 6.45) is 5.89. The van der Waals surface area contributed by atoms with Gasteiger partial charge in [-0.2, -0.15) is 0 Å². The number of benzene rings is 1. The van der Waals surface area contributed by atoms with E-state index in [9.17, 15) is 57.8 Å². The van der Waals surface area contributed by atoms with Crippen molar-refractivity contribution in [2.45, 2.75) is 195 Å². The minimum Gasteiger partial charge on any atom is -0.481 e. The number of esters is 1. The third-order valence-corrected chi connectivity index (χ3v) is 17.6. The molecule has 1 aromatic heterocycles. The number of nitrogens with one attached hydrogen (secondary N) is 6. The Morgan fingerprint density at radius 1 is 0.919 bits per heavy atom. The molecule has 9 atom stereocenters. The van der Waals surface area contributed by atoms with Gasteiger partial charge in [0, 0.05) is 74.7 Å². The second-order valence-corrected chi connectivity index (χ2v) is 25.3. The highest BCUT2D eigenvalue weighted by molar-refractivity contribution is 7.09. The molecule has 3 aliphatic rings. The number of urea groups is 1. The van der Waals surface area contributed by atoms with E-state index in [1.165, 1.54) is 24.5 Å². The summed E-state index contributed by atoms with van der Waals surface area (Å²) >= 11 is 1.11. The number of likely N-dealkylation sites (N-methyl/N-ethyl adjacent to an activating group) is 2. The Balaban J connectivity index is 1.26. The van der Waals surface area contributed by atoms with Crippen LogP contribution in [0.15, 0.2) is 35.7 Å². The van der Waals surface area contributed by atoms with Crippen molar-refractivity contribution in [3.8, 4) is 0 Å². The summed E-state index contributed by atoms with van der Waals surface area (Å²) in [6.45, 7) is 20.0. The number of hydrogen-bond acceptors (Lipinski definition) is 15. The van der Waals surface area contributed by atoms with Gasteiger partial charge in [0.2, 0.25) is 29.5 Å². The van der Waals surface area contributed by atoms with Crippen LogP contribution in [0.5, 0.6) is 0 Å². The number of ether oxygens (including phenoxy) is 1. The number of carbonyl (C=O) groups excluding carboxylic acids is 10. The van der Waals surface area contributed by atoms with Gasteiger partial charge in [-0.15, -0.1) is 11.3 Å². The number of carboxylic acids is 1. The van der Waals surface area contributed by atoms with Crippen LogP contribution in [0.2, 0.25) is 0 Å². The second-order valence-electron chi connectivity index (χ2n) is 24.4. The highest BCUT2D eigenvalue weighted by atomic mass is 32.1. The van der Waals surface area contributed by atoms with Gasteiger partial charge < -0.3 is 52.4 Å². The quantitative estimate of drug-likeness (QED) is 0.0277. The number of nitrogens with two attached hydrogens (primary N) is 1. The number of likely N-dealkylation sites (tertiary alicyclic amines) is 1. The molecule has 25 heteroatoms. The van der Waals surface area contributed by atoms with E-state index in [0.29, 0.717) is 60.7 Å². The lowest BCUT2D eigenvalue weighted by atomic mass is 9.79. The first-order valence-corrected chi connectivity index (χ1v) is 31.0. The van der Waals surface area contributed by atoms with E-state index < -0.39 is 95.2 Å². The van der Waals surface area contributed by atoms with E-state index >= 15 is 0 Å². The molecule has 9 N–H and O–H groups in total. The maximum absolute atomic E-state index is 14.9. The number of aliphatic carboxylic acids is 1. The summed E-state index contributed by atoms with van der Waals surface area (Å²) in [4.78, 5) is 154. The maximum atomic E-state index is 14.9. The van der Waals surface area contributed by atoms with Crippen LogP contribution in [0.3, 0.4) is 0 Å². The van der Waals surface area contributed by atoms with Crippen LogP contribution in [0.4, 0.5) is 10.5 Å². The van der Waals surface area contributed by atoms with Crippen molar-refractivity contribution in [2.75, 3.05) is 38.5 Å². The number of nitrogens with zero attached hydrogens (tertiary/aromatic N) is 4. The SMILES string of the molecule is CCN(C(=O)C(NC(=O)C1CC(C)CCN1C)C(C)(C)CC)C(CC(OC(C)=O)c1nc(C(=O)NC2Cc3ccc(NC(=O)C(CCCNC(N)=O)NC(=O)C(NC(=O)CCCCCN4C(=O)C=CC4=O)C(C)C)cc3C(C(=O)O)C2)cs1)C(C)C. The van der Waals surface area contributed by atoms with E-state index in [1.54, 1.807) is 36.9 Å². The molecular weight excluding hydrogens is 1130 g/mol. The minimum absolute atomic E-state index is 0.0175. The first kappa shape index (κ1) is 69.5. The number of hydrogen-bond donors (Lipinski definition) is 8. The van der Waals surface area contributed by atoms with Gasteiger partial charge in [0.15, 0.2) is 6.10 Å². The topological polar surface area (TPSA) is 338 Å². The van der Waals surface area contributed by atoms with Crippen LogP contribution < -0.4 is 37.6 Å². The number of rotatable bonds is 31. The number of piperidine rings is 1. The first-order valence-electron chi connectivity index (χ1n) is 30.1. The highest BCUT2D eigenvalue weighted by Crippen LogP contribution is 2.36. The van der Waals surface area contributed by atoms with E-state index in [-0.39, 0.29) is 98.6 Å². The second kappa shape index (κ2) is 31.9. The number of amides is 10. The van der Waals surface area contributed by atoms with Crippen LogP contribution in [0.25, 0.3) is 0 Å². The number of carboxylic acid groups (broad SMARTS) is 1. The fraction of sp³-hybridized carbons (Fsp3) is 0.639. The average Bonchev–Trinajstić information content (AvgIpc) is 3.19. The van der Waals surface area contributed by atoms with Gasteiger partial charge in [0.05, 0.1) is 12.0 Å². The number of primary amides is 1. The fourth-order valence-corrected chi connectivity index (χ4v) is 12.1. The predicted molar refractivity (Wildman–Crippen MR) is 323 cm³/mol. The molecule has 0 bridgehead atoms. The van der Waals surface area contributed by atoms with Crippen LogP contribution in [-0.2, 0) is 54.3 Å². The van der Waals surface area contributed by atoms with Crippen molar-refractivity contribution < 1.29 is 62.6 Å². The molecule has 0 radical (unpaired) electrons. The van der Waals surface area contributed by atoms with Crippen molar-refractivity contribution in [1.29, 1.82) is 0 Å². The Bertz CT molecular complexity index is 2800. The molecule has 0 saturated carbocycles. The number of thiazole rings is 1. The first-order chi connectivity index (χ1) is 40.5. The third kappa shape index (κ3) is 19.4. The Kier molecular flexibility index (Phi) is 25.8. The molecule has 474 valence electrons. The normalized spacial score (nSPS) is 19.6. The van der Waals surface area contributed by atoms with Crippen LogP contribution in [0.1, 0.15) is 179 Å². The van der Waals surface area contributed by atoms with Crippen molar-refractivity contribution >= 4 is 82.3 Å². The maximum Gasteiger partial charge on any atom is 0.312 e. The summed E-state index contributed by atoms with van der Waals surface area (Å²) in [5, 5.41) is 29.3.